The molecule has 0 radical (unpaired) electrons. The van der Waals surface area contributed by atoms with Gasteiger partial charge in [-0.3, -0.25) is 9.78 Å². The fourth-order valence-corrected chi connectivity index (χ4v) is 2.20. The maximum atomic E-state index is 12.1. The number of hydrogen-bond donors (Lipinski definition) is 2. The minimum absolute atomic E-state index is 0.212. The summed E-state index contributed by atoms with van der Waals surface area (Å²) in [7, 11) is 0. The zero-order valence-electron chi connectivity index (χ0n) is 13.6. The topological polar surface area (TPSA) is 66.9 Å². The van der Waals surface area contributed by atoms with Crippen molar-refractivity contribution < 1.29 is 4.79 Å². The number of carbonyl (C=O) groups excluding carboxylic acids is 1. The van der Waals surface area contributed by atoms with E-state index in [0.717, 1.165) is 18.5 Å². The first-order chi connectivity index (χ1) is 11.3. The van der Waals surface area contributed by atoms with Gasteiger partial charge in [0.05, 0.1) is 12.4 Å². The number of hydrogen-bond acceptors (Lipinski definition) is 4. The summed E-state index contributed by atoms with van der Waals surface area (Å²) >= 11 is 0. The van der Waals surface area contributed by atoms with Crippen LogP contribution in [0.15, 0.2) is 42.7 Å². The number of carbonyl (C=O) groups is 1. The highest BCUT2D eigenvalue weighted by Gasteiger charge is 2.08. The number of aromatic nitrogens is 2. The highest BCUT2D eigenvalue weighted by Crippen LogP contribution is 2.05. The summed E-state index contributed by atoms with van der Waals surface area (Å²) in [5.74, 6) is 0.435. The summed E-state index contributed by atoms with van der Waals surface area (Å²) in [5.41, 5.74) is 1.39. The Bertz CT molecular complexity index is 601. The second kappa shape index (κ2) is 9.56. The lowest BCUT2D eigenvalue weighted by Gasteiger charge is -2.07. The predicted molar refractivity (Wildman–Crippen MR) is 92.3 cm³/mol. The summed E-state index contributed by atoms with van der Waals surface area (Å²) in [6.45, 7) is 3.52. The van der Waals surface area contributed by atoms with Crippen molar-refractivity contribution in [1.82, 2.24) is 15.3 Å². The van der Waals surface area contributed by atoms with Crippen LogP contribution in [0.5, 0.6) is 0 Å². The van der Waals surface area contributed by atoms with E-state index in [1.165, 1.54) is 25.5 Å². The third-order valence-electron chi connectivity index (χ3n) is 3.50. The first kappa shape index (κ1) is 16.9. The lowest BCUT2D eigenvalue weighted by atomic mass is 10.2. The second-order valence-electron chi connectivity index (χ2n) is 5.45. The SMILES string of the molecule is CCCCCCNc1cncc(C(=O)NCc2ccccc2)n1. The Morgan fingerprint density at radius 1 is 1.09 bits per heavy atom. The van der Waals surface area contributed by atoms with Crippen LogP contribution in [0.3, 0.4) is 0 Å². The van der Waals surface area contributed by atoms with Gasteiger partial charge in [0.2, 0.25) is 0 Å². The standard InChI is InChI=1S/C18H24N4O/c1-2-3-4-8-11-20-17-14-19-13-16(22-17)18(23)21-12-15-9-6-5-7-10-15/h5-7,9-10,13-14H,2-4,8,11-12H2,1H3,(H,20,22)(H,21,23). The molecule has 2 N–H and O–H groups in total. The minimum atomic E-state index is -0.212. The van der Waals surface area contributed by atoms with Crippen molar-refractivity contribution in [3.05, 3.63) is 54.0 Å². The Balaban J connectivity index is 1.82. The van der Waals surface area contributed by atoms with E-state index in [9.17, 15) is 4.79 Å². The van der Waals surface area contributed by atoms with Gasteiger partial charge < -0.3 is 10.6 Å². The molecule has 0 saturated carbocycles. The number of rotatable bonds is 9. The summed E-state index contributed by atoms with van der Waals surface area (Å²) in [6.07, 6.45) is 7.90. The van der Waals surface area contributed by atoms with Gasteiger partial charge >= 0.3 is 0 Å². The average molecular weight is 312 g/mol. The molecule has 0 unspecified atom stereocenters. The van der Waals surface area contributed by atoms with Crippen molar-refractivity contribution >= 4 is 11.7 Å². The zero-order chi connectivity index (χ0) is 16.3. The minimum Gasteiger partial charge on any atom is -0.369 e. The number of amides is 1. The van der Waals surface area contributed by atoms with E-state index in [1.807, 2.05) is 30.3 Å². The summed E-state index contributed by atoms with van der Waals surface area (Å²) in [5, 5.41) is 6.08. The average Bonchev–Trinajstić information content (AvgIpc) is 2.60. The number of nitrogens with zero attached hydrogens (tertiary/aromatic N) is 2. The molecule has 1 amide bonds. The van der Waals surface area contributed by atoms with E-state index in [-0.39, 0.29) is 5.91 Å². The highest BCUT2D eigenvalue weighted by atomic mass is 16.1. The maximum absolute atomic E-state index is 12.1. The van der Waals surface area contributed by atoms with Gasteiger partial charge in [-0.25, -0.2) is 4.98 Å². The van der Waals surface area contributed by atoms with Crippen LogP contribution in [0, 0.1) is 0 Å². The molecule has 0 aliphatic carbocycles. The lowest BCUT2D eigenvalue weighted by Crippen LogP contribution is -2.24. The third kappa shape index (κ3) is 6.06. The fourth-order valence-electron chi connectivity index (χ4n) is 2.20. The van der Waals surface area contributed by atoms with Gasteiger partial charge in [0.15, 0.2) is 0 Å². The summed E-state index contributed by atoms with van der Waals surface area (Å²) in [4.78, 5) is 20.6. The molecule has 0 aliphatic rings. The number of nitrogens with one attached hydrogen (secondary N) is 2. The van der Waals surface area contributed by atoms with Gasteiger partial charge in [-0.1, -0.05) is 56.5 Å². The molecule has 0 atom stereocenters. The van der Waals surface area contributed by atoms with Gasteiger partial charge in [0, 0.05) is 13.1 Å². The molecule has 2 rings (SSSR count). The normalized spacial score (nSPS) is 10.3. The van der Waals surface area contributed by atoms with Gasteiger partial charge in [0.1, 0.15) is 11.5 Å². The molecule has 2 aromatic rings. The van der Waals surface area contributed by atoms with Crippen molar-refractivity contribution in [2.75, 3.05) is 11.9 Å². The number of unbranched alkanes of at least 4 members (excludes halogenated alkanes) is 3. The molecule has 0 saturated heterocycles. The molecule has 0 aliphatic heterocycles. The molecule has 0 bridgehead atoms. The van der Waals surface area contributed by atoms with Crippen molar-refractivity contribution in [2.45, 2.75) is 39.2 Å². The Labute approximate surface area is 137 Å². The Morgan fingerprint density at radius 3 is 2.70 bits per heavy atom. The fraction of sp³-hybridized carbons (Fsp3) is 0.389. The van der Waals surface area contributed by atoms with Gasteiger partial charge in [-0.2, -0.15) is 0 Å². The molecule has 5 nitrogen and oxygen atoms in total. The zero-order valence-corrected chi connectivity index (χ0v) is 13.6. The van der Waals surface area contributed by atoms with Crippen molar-refractivity contribution in [2.24, 2.45) is 0 Å². The molecule has 122 valence electrons. The van der Waals surface area contributed by atoms with Crippen LogP contribution in [0.4, 0.5) is 5.82 Å². The molecule has 0 spiro atoms. The molecule has 1 aromatic carbocycles. The van der Waals surface area contributed by atoms with E-state index in [2.05, 4.69) is 27.5 Å². The van der Waals surface area contributed by atoms with E-state index >= 15 is 0 Å². The Kier molecular flexibility index (Phi) is 7.04. The quantitative estimate of drug-likeness (QED) is 0.696. The van der Waals surface area contributed by atoms with Crippen LogP contribution in [-0.4, -0.2) is 22.4 Å². The van der Waals surface area contributed by atoms with Gasteiger partial charge in [-0.05, 0) is 12.0 Å². The summed E-state index contributed by atoms with van der Waals surface area (Å²) in [6, 6.07) is 9.79. The Hall–Kier alpha value is -2.43. The van der Waals surface area contributed by atoms with Crippen LogP contribution in [0.25, 0.3) is 0 Å². The van der Waals surface area contributed by atoms with E-state index in [4.69, 9.17) is 0 Å². The molecular formula is C18H24N4O. The van der Waals surface area contributed by atoms with Crippen LogP contribution in [0.1, 0.15) is 48.7 Å². The molecular weight excluding hydrogens is 288 g/mol. The van der Waals surface area contributed by atoms with Gasteiger partial charge in [0.25, 0.3) is 5.91 Å². The van der Waals surface area contributed by atoms with Crippen LogP contribution in [0.2, 0.25) is 0 Å². The van der Waals surface area contributed by atoms with Crippen molar-refractivity contribution in [3.63, 3.8) is 0 Å². The number of anilines is 1. The molecule has 5 heteroatoms. The van der Waals surface area contributed by atoms with Crippen molar-refractivity contribution in [3.8, 4) is 0 Å². The predicted octanol–water partition coefficient (Wildman–Crippen LogP) is 3.40. The second-order valence-corrected chi connectivity index (χ2v) is 5.45. The first-order valence-electron chi connectivity index (χ1n) is 8.17. The van der Waals surface area contributed by atoms with Crippen LogP contribution >= 0.6 is 0 Å². The number of benzene rings is 1. The van der Waals surface area contributed by atoms with Crippen molar-refractivity contribution in [1.29, 1.82) is 0 Å². The molecule has 23 heavy (non-hydrogen) atoms. The molecule has 1 heterocycles. The summed E-state index contributed by atoms with van der Waals surface area (Å²) < 4.78 is 0. The third-order valence-corrected chi connectivity index (χ3v) is 3.50. The molecule has 1 aromatic heterocycles. The monoisotopic (exact) mass is 312 g/mol. The first-order valence-corrected chi connectivity index (χ1v) is 8.17. The van der Waals surface area contributed by atoms with E-state index < -0.39 is 0 Å². The van der Waals surface area contributed by atoms with E-state index in [1.54, 1.807) is 6.20 Å². The van der Waals surface area contributed by atoms with Crippen LogP contribution < -0.4 is 10.6 Å². The smallest absolute Gasteiger partial charge is 0.271 e. The maximum Gasteiger partial charge on any atom is 0.271 e. The largest absolute Gasteiger partial charge is 0.369 e. The lowest BCUT2D eigenvalue weighted by molar-refractivity contribution is 0.0945. The molecule has 0 fully saturated rings. The van der Waals surface area contributed by atoms with E-state index in [0.29, 0.717) is 18.1 Å². The van der Waals surface area contributed by atoms with Crippen LogP contribution in [-0.2, 0) is 6.54 Å². The highest BCUT2D eigenvalue weighted by molar-refractivity contribution is 5.92. The van der Waals surface area contributed by atoms with Gasteiger partial charge in [-0.15, -0.1) is 0 Å². The Morgan fingerprint density at radius 2 is 1.91 bits per heavy atom.